The van der Waals surface area contributed by atoms with E-state index in [0.29, 0.717) is 0 Å². The Kier molecular flexibility index (Phi) is 5.04. The van der Waals surface area contributed by atoms with Crippen molar-refractivity contribution in [2.45, 2.75) is 18.7 Å². The van der Waals surface area contributed by atoms with Crippen LogP contribution in [-0.4, -0.2) is 19.1 Å². The minimum atomic E-state index is -5.69. The molecule has 1 rings (SSSR count). The SMILES string of the molecule is O=S(=O)(O)OC(CC(F)(F)F)c1c(F)c(F)c(F)c(F)c1F. The number of halogens is 8. The molecule has 13 heteroatoms. The summed E-state index contributed by atoms with van der Waals surface area (Å²) in [5, 5.41) is 0. The van der Waals surface area contributed by atoms with E-state index in [9.17, 15) is 43.5 Å². The Hall–Kier alpha value is -1.47. The van der Waals surface area contributed by atoms with Crippen LogP contribution in [0.2, 0.25) is 0 Å². The predicted molar refractivity (Wildman–Crippen MR) is 52.3 cm³/mol. The van der Waals surface area contributed by atoms with Crippen molar-refractivity contribution < 1.29 is 52.3 Å². The number of rotatable bonds is 4. The third-order valence-electron chi connectivity index (χ3n) is 2.22. The molecule has 126 valence electrons. The fourth-order valence-corrected chi connectivity index (χ4v) is 1.90. The molecule has 0 aliphatic heterocycles. The Bertz CT molecular complexity index is 655. The molecule has 1 aromatic carbocycles. The average molecular weight is 360 g/mol. The van der Waals surface area contributed by atoms with Crippen LogP contribution < -0.4 is 0 Å². The number of hydrogen-bond donors (Lipinski definition) is 1. The summed E-state index contributed by atoms with van der Waals surface area (Å²) in [5.74, 6) is -13.3. The highest BCUT2D eigenvalue weighted by molar-refractivity contribution is 7.80. The van der Waals surface area contributed by atoms with Gasteiger partial charge in [-0.15, -0.1) is 0 Å². The van der Waals surface area contributed by atoms with Gasteiger partial charge in [0, 0.05) is 0 Å². The van der Waals surface area contributed by atoms with Gasteiger partial charge in [-0.2, -0.15) is 21.6 Å². The molecule has 0 saturated heterocycles. The maximum atomic E-state index is 13.4. The molecule has 0 spiro atoms. The van der Waals surface area contributed by atoms with Gasteiger partial charge in [-0.05, 0) is 0 Å². The highest BCUT2D eigenvalue weighted by Gasteiger charge is 2.40. The first-order chi connectivity index (χ1) is 9.74. The maximum Gasteiger partial charge on any atom is 0.397 e. The molecule has 0 aliphatic carbocycles. The van der Waals surface area contributed by atoms with Crippen molar-refractivity contribution in [1.29, 1.82) is 0 Å². The van der Waals surface area contributed by atoms with E-state index in [4.69, 9.17) is 4.55 Å². The molecule has 22 heavy (non-hydrogen) atoms. The van der Waals surface area contributed by atoms with E-state index in [-0.39, 0.29) is 0 Å². The molecule has 4 nitrogen and oxygen atoms in total. The van der Waals surface area contributed by atoms with Gasteiger partial charge in [-0.25, -0.2) is 26.1 Å². The highest BCUT2D eigenvalue weighted by Crippen LogP contribution is 2.37. The second-order valence-electron chi connectivity index (χ2n) is 3.82. The Labute approximate surface area is 117 Å². The normalized spacial score (nSPS) is 14.2. The molecule has 0 fully saturated rings. The van der Waals surface area contributed by atoms with Crippen LogP contribution in [0.25, 0.3) is 0 Å². The first-order valence-corrected chi connectivity index (χ1v) is 6.35. The quantitative estimate of drug-likeness (QED) is 0.388. The van der Waals surface area contributed by atoms with Crippen molar-refractivity contribution in [2.75, 3.05) is 0 Å². The van der Waals surface area contributed by atoms with Gasteiger partial charge in [-0.1, -0.05) is 0 Å². The number of benzene rings is 1. The van der Waals surface area contributed by atoms with E-state index in [0.717, 1.165) is 0 Å². The summed E-state index contributed by atoms with van der Waals surface area (Å²) in [7, 11) is -5.69. The van der Waals surface area contributed by atoms with Crippen LogP contribution in [0, 0.1) is 29.1 Å². The lowest BCUT2D eigenvalue weighted by atomic mass is 10.0. The van der Waals surface area contributed by atoms with Crippen molar-refractivity contribution in [1.82, 2.24) is 0 Å². The summed E-state index contributed by atoms with van der Waals surface area (Å²) in [4.78, 5) is 0. The highest BCUT2D eigenvalue weighted by atomic mass is 32.3. The van der Waals surface area contributed by atoms with Gasteiger partial charge in [0.1, 0.15) is 6.10 Å². The third kappa shape index (κ3) is 4.27. The van der Waals surface area contributed by atoms with Crippen LogP contribution in [0.5, 0.6) is 0 Å². The molecular formula is C9H4F8O4S. The molecule has 0 saturated carbocycles. The molecule has 1 unspecified atom stereocenters. The van der Waals surface area contributed by atoms with Crippen molar-refractivity contribution in [3.8, 4) is 0 Å². The molecule has 1 N–H and O–H groups in total. The van der Waals surface area contributed by atoms with E-state index >= 15 is 0 Å². The van der Waals surface area contributed by atoms with Crippen LogP contribution in [-0.2, 0) is 14.6 Å². The van der Waals surface area contributed by atoms with Crippen molar-refractivity contribution in [3.05, 3.63) is 34.6 Å². The van der Waals surface area contributed by atoms with Gasteiger partial charge in [0.05, 0.1) is 12.0 Å². The summed E-state index contributed by atoms with van der Waals surface area (Å²) in [6.07, 6.45) is -11.0. The van der Waals surface area contributed by atoms with E-state index in [1.165, 1.54) is 0 Å². The van der Waals surface area contributed by atoms with Crippen LogP contribution in [0.3, 0.4) is 0 Å². The molecule has 0 heterocycles. The van der Waals surface area contributed by atoms with Gasteiger partial charge >= 0.3 is 16.6 Å². The predicted octanol–water partition coefficient (Wildman–Crippen LogP) is 3.20. The summed E-state index contributed by atoms with van der Waals surface area (Å²) in [6, 6.07) is 0. The van der Waals surface area contributed by atoms with Crippen molar-refractivity contribution >= 4 is 10.4 Å². The van der Waals surface area contributed by atoms with E-state index in [1.807, 2.05) is 0 Å². The van der Waals surface area contributed by atoms with Gasteiger partial charge in [0.2, 0.25) is 5.82 Å². The topological polar surface area (TPSA) is 63.6 Å². The first kappa shape index (κ1) is 18.6. The third-order valence-corrected chi connectivity index (χ3v) is 2.70. The van der Waals surface area contributed by atoms with Crippen molar-refractivity contribution in [3.63, 3.8) is 0 Å². The molecule has 1 aromatic rings. The lowest BCUT2D eigenvalue weighted by Gasteiger charge is -2.19. The van der Waals surface area contributed by atoms with Gasteiger partial charge < -0.3 is 0 Å². The molecule has 0 aliphatic rings. The van der Waals surface area contributed by atoms with Crippen LogP contribution in [0.15, 0.2) is 0 Å². The van der Waals surface area contributed by atoms with Crippen LogP contribution in [0.1, 0.15) is 18.1 Å². The van der Waals surface area contributed by atoms with E-state index in [1.54, 1.807) is 0 Å². The van der Waals surface area contributed by atoms with Crippen molar-refractivity contribution in [2.24, 2.45) is 0 Å². The number of hydrogen-bond acceptors (Lipinski definition) is 3. The zero-order valence-electron chi connectivity index (χ0n) is 9.89. The Morgan fingerprint density at radius 1 is 0.909 bits per heavy atom. The summed E-state index contributed by atoms with van der Waals surface area (Å²) < 4.78 is 135. The summed E-state index contributed by atoms with van der Waals surface area (Å²) >= 11 is 0. The summed E-state index contributed by atoms with van der Waals surface area (Å²) in [6.45, 7) is 0. The maximum absolute atomic E-state index is 13.4. The Balaban J connectivity index is 3.55. The second-order valence-corrected chi connectivity index (χ2v) is 4.86. The monoisotopic (exact) mass is 360 g/mol. The number of alkyl halides is 3. The molecule has 0 radical (unpaired) electrons. The van der Waals surface area contributed by atoms with Crippen LogP contribution >= 0.6 is 0 Å². The standard InChI is InChI=1S/C9H4F8O4S/c10-4-3(5(11)7(13)8(14)6(4)12)2(1-9(15,16)17)21-22(18,19)20/h2H,1H2,(H,18,19,20). The Morgan fingerprint density at radius 3 is 1.59 bits per heavy atom. The molecule has 0 aromatic heterocycles. The van der Waals surface area contributed by atoms with Gasteiger partial charge in [0.15, 0.2) is 23.3 Å². The summed E-state index contributed by atoms with van der Waals surface area (Å²) in [5.41, 5.74) is -2.17. The average Bonchev–Trinajstić information content (AvgIpc) is 2.30. The fraction of sp³-hybridized carbons (Fsp3) is 0.333. The van der Waals surface area contributed by atoms with E-state index in [2.05, 4.69) is 4.18 Å². The Morgan fingerprint density at radius 2 is 1.27 bits per heavy atom. The molecular weight excluding hydrogens is 356 g/mol. The van der Waals surface area contributed by atoms with Crippen LogP contribution in [0.4, 0.5) is 35.1 Å². The van der Waals surface area contributed by atoms with E-state index < -0.39 is 63.7 Å². The molecule has 0 bridgehead atoms. The zero-order valence-corrected chi connectivity index (χ0v) is 10.7. The van der Waals surface area contributed by atoms with Gasteiger partial charge in [-0.3, -0.25) is 4.55 Å². The zero-order chi connectivity index (χ0) is 17.5. The molecule has 0 amide bonds. The van der Waals surface area contributed by atoms with Gasteiger partial charge in [0.25, 0.3) is 0 Å². The lowest BCUT2D eigenvalue weighted by molar-refractivity contribution is -0.152. The minimum Gasteiger partial charge on any atom is -0.264 e. The lowest BCUT2D eigenvalue weighted by Crippen LogP contribution is -2.22. The largest absolute Gasteiger partial charge is 0.397 e. The fourth-order valence-electron chi connectivity index (χ4n) is 1.45. The second kappa shape index (κ2) is 5.96. The molecule has 1 atom stereocenters. The minimum absolute atomic E-state index is 2.17. The smallest absolute Gasteiger partial charge is 0.264 e. The first-order valence-electron chi connectivity index (χ1n) is 4.98.